The quantitative estimate of drug-likeness (QED) is 0.342. The topological polar surface area (TPSA) is 106 Å². The molecule has 10 heteroatoms. The van der Waals surface area contributed by atoms with Crippen LogP contribution in [0.5, 0.6) is 0 Å². The molecular formula is C29H38N2O7S. The number of esters is 2. The Morgan fingerprint density at radius 3 is 2.18 bits per heavy atom. The smallest absolute Gasteiger partial charge is 0.348 e. The monoisotopic (exact) mass is 558 g/mol. The predicted octanol–water partition coefficient (Wildman–Crippen LogP) is 4.95. The van der Waals surface area contributed by atoms with Crippen molar-refractivity contribution in [2.24, 2.45) is 0 Å². The lowest BCUT2D eigenvalue weighted by Gasteiger charge is -2.30. The molecule has 0 amide bonds. The average molecular weight is 559 g/mol. The van der Waals surface area contributed by atoms with Gasteiger partial charge in [0.2, 0.25) is 0 Å². The summed E-state index contributed by atoms with van der Waals surface area (Å²) in [4.78, 5) is 54.7. The Morgan fingerprint density at radius 1 is 1.03 bits per heavy atom. The van der Waals surface area contributed by atoms with Crippen molar-refractivity contribution in [2.75, 3.05) is 6.61 Å². The van der Waals surface area contributed by atoms with Crippen LogP contribution in [0.15, 0.2) is 39.9 Å². The number of aromatic nitrogens is 2. The number of fused-ring (bicyclic) bond motifs is 1. The summed E-state index contributed by atoms with van der Waals surface area (Å²) < 4.78 is 19.4. The minimum atomic E-state index is -1.64. The minimum Gasteiger partial charge on any atom is -0.462 e. The Hall–Kier alpha value is -3.24. The van der Waals surface area contributed by atoms with Crippen molar-refractivity contribution >= 4 is 33.5 Å². The number of carbonyl (C=O) groups excluding carboxylic acids is 2. The van der Waals surface area contributed by atoms with Crippen molar-refractivity contribution in [2.45, 2.75) is 92.2 Å². The molecule has 2 heterocycles. The second-order valence-electron chi connectivity index (χ2n) is 11.1. The van der Waals surface area contributed by atoms with E-state index in [1.54, 1.807) is 34.6 Å². The zero-order chi connectivity index (χ0) is 29.3. The third-order valence-electron chi connectivity index (χ3n) is 6.09. The number of nitrogens with zero attached hydrogens (tertiary/aromatic N) is 2. The van der Waals surface area contributed by atoms with Crippen molar-refractivity contribution in [1.29, 1.82) is 0 Å². The highest BCUT2D eigenvalue weighted by molar-refractivity contribution is 7.20. The fourth-order valence-electron chi connectivity index (χ4n) is 4.28. The Balaban J connectivity index is 2.37. The minimum absolute atomic E-state index is 0.0461. The molecule has 0 bridgehead atoms. The molecule has 0 radical (unpaired) electrons. The first-order valence-corrected chi connectivity index (χ1v) is 13.8. The van der Waals surface area contributed by atoms with Gasteiger partial charge < -0.3 is 14.2 Å². The van der Waals surface area contributed by atoms with Crippen LogP contribution in [0.4, 0.5) is 0 Å². The fourth-order valence-corrected chi connectivity index (χ4v) is 5.47. The number of rotatable bonds is 9. The van der Waals surface area contributed by atoms with Crippen LogP contribution < -0.4 is 11.2 Å². The van der Waals surface area contributed by atoms with Crippen molar-refractivity contribution < 1.29 is 23.8 Å². The molecule has 2 aromatic heterocycles. The highest BCUT2D eigenvalue weighted by Gasteiger charge is 2.39. The lowest BCUT2D eigenvalue weighted by molar-refractivity contribution is -0.164. The zero-order valence-corrected chi connectivity index (χ0v) is 24.9. The predicted molar refractivity (Wildman–Crippen MR) is 152 cm³/mol. The maximum atomic E-state index is 14.1. The summed E-state index contributed by atoms with van der Waals surface area (Å²) in [5.41, 5.74) is -2.62. The number of benzene rings is 1. The first kappa shape index (κ1) is 30.3. The van der Waals surface area contributed by atoms with Gasteiger partial charge >= 0.3 is 17.6 Å². The molecule has 212 valence electrons. The summed E-state index contributed by atoms with van der Waals surface area (Å²) in [6.45, 7) is 15.4. The van der Waals surface area contributed by atoms with E-state index in [1.807, 2.05) is 44.2 Å². The molecular weight excluding hydrogens is 520 g/mol. The van der Waals surface area contributed by atoms with Crippen molar-refractivity contribution in [3.05, 3.63) is 67.2 Å². The summed E-state index contributed by atoms with van der Waals surface area (Å²) in [5.74, 6) is -1.30. The fraction of sp³-hybridized carbons (Fsp3) is 0.517. The Kier molecular flexibility index (Phi) is 8.92. The zero-order valence-electron chi connectivity index (χ0n) is 24.1. The maximum Gasteiger partial charge on any atom is 0.348 e. The van der Waals surface area contributed by atoms with E-state index in [2.05, 4.69) is 0 Å². The lowest BCUT2D eigenvalue weighted by atomic mass is 10.0. The van der Waals surface area contributed by atoms with Gasteiger partial charge in [-0.2, -0.15) is 0 Å². The SMILES string of the molecule is CCOC(=O)c1sc2c(c1C)c(=O)n(C(C)(C)C(=O)OC(C)(C)C)c(=O)n2CC(OC(C)C)c1ccccc1. The summed E-state index contributed by atoms with van der Waals surface area (Å²) >= 11 is 1.02. The lowest BCUT2D eigenvalue weighted by Crippen LogP contribution is -2.54. The van der Waals surface area contributed by atoms with Crippen LogP contribution in [0.1, 0.15) is 82.3 Å². The molecule has 0 aliphatic carbocycles. The van der Waals surface area contributed by atoms with Crippen LogP contribution in [-0.2, 0) is 31.1 Å². The normalized spacial score (nSPS) is 13.1. The van der Waals surface area contributed by atoms with Crippen molar-refractivity contribution in [3.63, 3.8) is 0 Å². The number of hydrogen-bond acceptors (Lipinski definition) is 8. The van der Waals surface area contributed by atoms with E-state index in [-0.39, 0.29) is 29.5 Å². The van der Waals surface area contributed by atoms with E-state index >= 15 is 0 Å². The molecule has 0 aliphatic heterocycles. The Morgan fingerprint density at radius 2 is 1.64 bits per heavy atom. The first-order chi connectivity index (χ1) is 18.1. The number of thiophene rings is 1. The van der Waals surface area contributed by atoms with E-state index in [0.29, 0.717) is 10.4 Å². The second-order valence-corrected chi connectivity index (χ2v) is 12.1. The number of hydrogen-bond donors (Lipinski definition) is 0. The van der Waals surface area contributed by atoms with Crippen LogP contribution in [0.2, 0.25) is 0 Å². The van der Waals surface area contributed by atoms with E-state index in [0.717, 1.165) is 21.5 Å². The van der Waals surface area contributed by atoms with E-state index in [1.165, 1.54) is 18.4 Å². The van der Waals surface area contributed by atoms with E-state index < -0.39 is 40.4 Å². The van der Waals surface area contributed by atoms with Gasteiger partial charge in [0.05, 0.1) is 24.6 Å². The molecule has 39 heavy (non-hydrogen) atoms. The van der Waals surface area contributed by atoms with Crippen LogP contribution in [-0.4, -0.2) is 39.4 Å². The van der Waals surface area contributed by atoms with Gasteiger partial charge in [0.15, 0.2) is 0 Å². The molecule has 0 aliphatic rings. The standard InChI is InChI=1S/C29H38N2O7S/c1-10-36-25(33)22-18(4)21-23(32)31(29(8,9)26(34)38-28(5,6)7)27(35)30(24(21)39-22)16-20(37-17(2)3)19-14-12-11-13-15-19/h11-15,17,20H,10,16H2,1-9H3. The molecule has 1 atom stereocenters. The van der Waals surface area contributed by atoms with Gasteiger partial charge in [0, 0.05) is 0 Å². The van der Waals surface area contributed by atoms with Gasteiger partial charge in [0.1, 0.15) is 27.0 Å². The largest absolute Gasteiger partial charge is 0.462 e. The van der Waals surface area contributed by atoms with E-state index in [9.17, 15) is 19.2 Å². The molecule has 1 aromatic carbocycles. The Bertz CT molecular complexity index is 1470. The molecule has 3 aromatic rings. The highest BCUT2D eigenvalue weighted by Crippen LogP contribution is 2.31. The average Bonchev–Trinajstić information content (AvgIpc) is 3.17. The molecule has 3 rings (SSSR count). The van der Waals surface area contributed by atoms with Gasteiger partial charge in [-0.25, -0.2) is 19.0 Å². The number of aryl methyl sites for hydroxylation is 1. The molecule has 0 saturated heterocycles. The van der Waals surface area contributed by atoms with Crippen LogP contribution in [0.3, 0.4) is 0 Å². The van der Waals surface area contributed by atoms with Gasteiger partial charge in [-0.1, -0.05) is 30.3 Å². The third-order valence-corrected chi connectivity index (χ3v) is 7.38. The third kappa shape index (κ3) is 6.33. The summed E-state index contributed by atoms with van der Waals surface area (Å²) in [6, 6.07) is 9.45. The molecule has 1 unspecified atom stereocenters. The van der Waals surface area contributed by atoms with Crippen LogP contribution >= 0.6 is 11.3 Å². The van der Waals surface area contributed by atoms with Gasteiger partial charge in [-0.3, -0.25) is 9.36 Å². The highest BCUT2D eigenvalue weighted by atomic mass is 32.1. The summed E-state index contributed by atoms with van der Waals surface area (Å²) in [6.07, 6.45) is -0.707. The van der Waals surface area contributed by atoms with Gasteiger partial charge in [0.25, 0.3) is 5.56 Å². The van der Waals surface area contributed by atoms with E-state index in [4.69, 9.17) is 14.2 Å². The molecule has 0 fully saturated rings. The second kappa shape index (κ2) is 11.5. The molecule has 0 N–H and O–H groups in total. The van der Waals surface area contributed by atoms with Crippen LogP contribution in [0, 0.1) is 6.92 Å². The summed E-state index contributed by atoms with van der Waals surface area (Å²) in [5, 5.41) is 0.177. The van der Waals surface area contributed by atoms with Gasteiger partial charge in [-0.15, -0.1) is 11.3 Å². The molecule has 0 spiro atoms. The first-order valence-electron chi connectivity index (χ1n) is 13.0. The number of ether oxygens (including phenoxy) is 3. The van der Waals surface area contributed by atoms with Crippen molar-refractivity contribution in [1.82, 2.24) is 9.13 Å². The van der Waals surface area contributed by atoms with Gasteiger partial charge in [-0.05, 0) is 73.4 Å². The number of carbonyl (C=O) groups is 2. The molecule has 9 nitrogen and oxygen atoms in total. The maximum absolute atomic E-state index is 14.1. The van der Waals surface area contributed by atoms with Crippen LogP contribution in [0.25, 0.3) is 10.2 Å². The summed E-state index contributed by atoms with van der Waals surface area (Å²) in [7, 11) is 0. The Labute approximate surface area is 232 Å². The molecule has 0 saturated carbocycles. The van der Waals surface area contributed by atoms with Crippen molar-refractivity contribution in [3.8, 4) is 0 Å².